The van der Waals surface area contributed by atoms with Crippen LogP contribution in [0.15, 0.2) is 35.6 Å². The summed E-state index contributed by atoms with van der Waals surface area (Å²) in [6.07, 6.45) is 3.97. The summed E-state index contributed by atoms with van der Waals surface area (Å²) in [5.41, 5.74) is -0.382. The van der Waals surface area contributed by atoms with Crippen molar-refractivity contribution in [3.05, 3.63) is 53.4 Å². The van der Waals surface area contributed by atoms with Crippen molar-refractivity contribution in [1.29, 1.82) is 0 Å². The van der Waals surface area contributed by atoms with Gasteiger partial charge in [0.05, 0.1) is 12.7 Å². The average Bonchev–Trinajstić information content (AvgIpc) is 3.19. The molecule has 2 aromatic rings. The van der Waals surface area contributed by atoms with Gasteiger partial charge in [0.2, 0.25) is 0 Å². The first-order chi connectivity index (χ1) is 12.8. The molecular formula is C19H25F2N5O. The summed E-state index contributed by atoms with van der Waals surface area (Å²) in [5, 5.41) is 21.0. The first kappa shape index (κ1) is 19.3. The number of aliphatic hydroxyl groups is 1. The lowest BCUT2D eigenvalue weighted by atomic mass is 10.0. The van der Waals surface area contributed by atoms with Crippen LogP contribution in [0, 0.1) is 11.6 Å². The van der Waals surface area contributed by atoms with Crippen molar-refractivity contribution < 1.29 is 13.9 Å². The largest absolute Gasteiger partial charge is 0.383 e. The van der Waals surface area contributed by atoms with E-state index in [0.717, 1.165) is 0 Å². The quantitative estimate of drug-likeness (QED) is 0.532. The average molecular weight is 377 g/mol. The van der Waals surface area contributed by atoms with Crippen molar-refractivity contribution in [3.8, 4) is 0 Å². The van der Waals surface area contributed by atoms with Gasteiger partial charge in [-0.15, -0.1) is 0 Å². The van der Waals surface area contributed by atoms with Gasteiger partial charge < -0.3 is 15.7 Å². The van der Waals surface area contributed by atoms with Gasteiger partial charge in [0, 0.05) is 42.9 Å². The van der Waals surface area contributed by atoms with E-state index in [9.17, 15) is 13.9 Å². The Morgan fingerprint density at radius 3 is 2.70 bits per heavy atom. The monoisotopic (exact) mass is 377 g/mol. The van der Waals surface area contributed by atoms with Crippen LogP contribution in [0.2, 0.25) is 0 Å². The van der Waals surface area contributed by atoms with Crippen LogP contribution in [0.25, 0.3) is 0 Å². The van der Waals surface area contributed by atoms with Crippen LogP contribution in [0.1, 0.15) is 37.3 Å². The van der Waals surface area contributed by atoms with Gasteiger partial charge in [0.1, 0.15) is 17.2 Å². The third kappa shape index (κ3) is 4.44. The summed E-state index contributed by atoms with van der Waals surface area (Å²) >= 11 is 0. The molecule has 0 radical (unpaired) electrons. The molecule has 1 aliphatic rings. The molecule has 3 rings (SSSR count). The van der Waals surface area contributed by atoms with E-state index in [-0.39, 0.29) is 24.1 Å². The van der Waals surface area contributed by atoms with Crippen molar-refractivity contribution in [3.63, 3.8) is 0 Å². The van der Waals surface area contributed by atoms with Gasteiger partial charge in [0.25, 0.3) is 0 Å². The summed E-state index contributed by atoms with van der Waals surface area (Å²) in [5.74, 6) is -0.767. The Balaban J connectivity index is 1.67. The van der Waals surface area contributed by atoms with Crippen LogP contribution in [-0.4, -0.2) is 40.0 Å². The zero-order chi connectivity index (χ0) is 19.6. The summed E-state index contributed by atoms with van der Waals surface area (Å²) in [6, 6.07) is 3.82. The van der Waals surface area contributed by atoms with E-state index in [2.05, 4.69) is 20.7 Å². The summed E-state index contributed by atoms with van der Waals surface area (Å²) in [7, 11) is 1.78. The van der Waals surface area contributed by atoms with Crippen molar-refractivity contribution in [1.82, 2.24) is 20.4 Å². The number of benzene rings is 1. The lowest BCUT2D eigenvalue weighted by Gasteiger charge is -2.20. The van der Waals surface area contributed by atoms with Gasteiger partial charge in [-0.3, -0.25) is 4.68 Å². The SMILES string of the molecule is CCNC(=NCC(C)(O)c1cnn(C)c1)NC1CC1c1c(F)cccc1F. The molecule has 1 fully saturated rings. The molecule has 1 aromatic heterocycles. The second-order valence-corrected chi connectivity index (χ2v) is 7.10. The molecule has 27 heavy (non-hydrogen) atoms. The van der Waals surface area contributed by atoms with Crippen LogP contribution in [0.3, 0.4) is 0 Å². The first-order valence-corrected chi connectivity index (χ1v) is 9.02. The van der Waals surface area contributed by atoms with Gasteiger partial charge in [-0.2, -0.15) is 5.10 Å². The molecule has 0 bridgehead atoms. The van der Waals surface area contributed by atoms with Crippen molar-refractivity contribution >= 4 is 5.96 Å². The highest BCUT2D eigenvalue weighted by Crippen LogP contribution is 2.43. The van der Waals surface area contributed by atoms with E-state index in [1.165, 1.54) is 18.2 Å². The Labute approximate surface area is 157 Å². The number of hydrogen-bond donors (Lipinski definition) is 3. The maximum atomic E-state index is 13.9. The number of guanidine groups is 1. The van der Waals surface area contributed by atoms with Gasteiger partial charge in [-0.1, -0.05) is 6.07 Å². The van der Waals surface area contributed by atoms with Crippen LogP contribution >= 0.6 is 0 Å². The Bertz CT molecular complexity index is 813. The van der Waals surface area contributed by atoms with Gasteiger partial charge in [-0.25, -0.2) is 13.8 Å². The molecule has 1 aromatic carbocycles. The molecule has 0 saturated heterocycles. The van der Waals surface area contributed by atoms with E-state index in [1.807, 2.05) is 6.92 Å². The zero-order valence-corrected chi connectivity index (χ0v) is 15.7. The van der Waals surface area contributed by atoms with Crippen molar-refractivity contribution in [2.24, 2.45) is 12.0 Å². The minimum Gasteiger partial charge on any atom is -0.383 e. The fourth-order valence-electron chi connectivity index (χ4n) is 3.06. The molecule has 1 heterocycles. The molecule has 1 saturated carbocycles. The van der Waals surface area contributed by atoms with Gasteiger partial charge in [0.15, 0.2) is 5.96 Å². The highest BCUT2D eigenvalue weighted by Gasteiger charge is 2.42. The number of nitrogens with zero attached hydrogens (tertiary/aromatic N) is 3. The molecule has 1 aliphatic carbocycles. The molecule has 146 valence electrons. The first-order valence-electron chi connectivity index (χ1n) is 9.02. The molecule has 3 unspecified atom stereocenters. The fourth-order valence-corrected chi connectivity index (χ4v) is 3.06. The highest BCUT2D eigenvalue weighted by atomic mass is 19.1. The molecule has 0 aliphatic heterocycles. The second-order valence-electron chi connectivity index (χ2n) is 7.10. The van der Waals surface area contributed by atoms with Crippen LogP contribution in [0.4, 0.5) is 8.78 Å². The van der Waals surface area contributed by atoms with E-state index in [0.29, 0.717) is 24.5 Å². The van der Waals surface area contributed by atoms with Gasteiger partial charge >= 0.3 is 0 Å². The smallest absolute Gasteiger partial charge is 0.191 e. The second kappa shape index (κ2) is 7.64. The van der Waals surface area contributed by atoms with Crippen molar-refractivity contribution in [2.45, 2.75) is 37.8 Å². The topological polar surface area (TPSA) is 74.5 Å². The lowest BCUT2D eigenvalue weighted by Crippen LogP contribution is -2.40. The number of nitrogens with one attached hydrogen (secondary N) is 2. The normalized spacial score (nSPS) is 21.6. The molecule has 8 heteroatoms. The lowest BCUT2D eigenvalue weighted by molar-refractivity contribution is 0.0671. The number of halogens is 2. The molecule has 0 spiro atoms. The van der Waals surface area contributed by atoms with Gasteiger partial charge in [-0.05, 0) is 32.4 Å². The Hall–Kier alpha value is -2.48. The van der Waals surface area contributed by atoms with Crippen LogP contribution in [-0.2, 0) is 12.6 Å². The summed E-state index contributed by atoms with van der Waals surface area (Å²) in [6.45, 7) is 4.36. The minimum atomic E-state index is -1.17. The van der Waals surface area contributed by atoms with E-state index >= 15 is 0 Å². The standard InChI is InChI=1S/C19H25F2N5O/c1-4-22-18(23-11-19(2,27)12-9-24-26(3)10-12)25-16-8-13(16)17-14(20)6-5-7-15(17)21/h5-7,9-10,13,16,27H,4,8,11H2,1-3H3,(H2,22,23,25). The third-order valence-electron chi connectivity index (χ3n) is 4.70. The predicted molar refractivity (Wildman–Crippen MR) is 99.4 cm³/mol. The van der Waals surface area contributed by atoms with Crippen LogP contribution < -0.4 is 10.6 Å². The maximum Gasteiger partial charge on any atom is 0.191 e. The fraction of sp³-hybridized carbons (Fsp3) is 0.474. The third-order valence-corrected chi connectivity index (χ3v) is 4.70. The Morgan fingerprint density at radius 2 is 2.11 bits per heavy atom. The number of aryl methyl sites for hydroxylation is 1. The number of hydrogen-bond acceptors (Lipinski definition) is 3. The molecule has 3 atom stereocenters. The molecular weight excluding hydrogens is 352 g/mol. The van der Waals surface area contributed by atoms with E-state index in [4.69, 9.17) is 0 Å². The van der Waals surface area contributed by atoms with E-state index in [1.54, 1.807) is 31.0 Å². The molecule has 3 N–H and O–H groups in total. The van der Waals surface area contributed by atoms with Crippen LogP contribution in [0.5, 0.6) is 0 Å². The predicted octanol–water partition coefficient (Wildman–Crippen LogP) is 2.02. The number of aromatic nitrogens is 2. The summed E-state index contributed by atoms with van der Waals surface area (Å²) in [4.78, 5) is 4.44. The maximum absolute atomic E-state index is 13.9. The Kier molecular flexibility index (Phi) is 5.46. The van der Waals surface area contributed by atoms with Crippen molar-refractivity contribution in [2.75, 3.05) is 13.1 Å². The number of rotatable bonds is 6. The summed E-state index contributed by atoms with van der Waals surface area (Å²) < 4.78 is 29.5. The number of aliphatic imine (C=N–C) groups is 1. The molecule has 6 nitrogen and oxygen atoms in total. The zero-order valence-electron chi connectivity index (χ0n) is 15.7. The molecule has 0 amide bonds. The minimum absolute atomic E-state index is 0.0995. The highest BCUT2D eigenvalue weighted by molar-refractivity contribution is 5.80. The Morgan fingerprint density at radius 1 is 1.41 bits per heavy atom. The van der Waals surface area contributed by atoms with E-state index < -0.39 is 17.2 Å².